The molecule has 0 N–H and O–H groups in total. The van der Waals surface area contributed by atoms with E-state index in [1.807, 2.05) is 66.7 Å². The molecule has 69 heavy (non-hydrogen) atoms. The Kier molecular flexibility index (Phi) is 10.6. The van der Waals surface area contributed by atoms with E-state index in [0.29, 0.717) is 23.2 Å². The van der Waals surface area contributed by atoms with Crippen molar-refractivity contribution in [2.24, 2.45) is 0 Å². The van der Waals surface area contributed by atoms with E-state index in [2.05, 4.69) is 176 Å². The fourth-order valence-corrected chi connectivity index (χ4v) is 9.72. The Balaban J connectivity index is 1.12. The normalized spacial score (nSPS) is 12.4. The van der Waals surface area contributed by atoms with Crippen LogP contribution >= 0.6 is 0 Å². The molecule has 0 saturated carbocycles. The number of ether oxygens (including phenoxy) is 1. The Morgan fingerprint density at radius 3 is 1.16 bits per heavy atom. The third kappa shape index (κ3) is 7.76. The van der Waals surface area contributed by atoms with Gasteiger partial charge in [-0.05, 0) is 105 Å². The van der Waals surface area contributed by atoms with Gasteiger partial charge in [-0.25, -0.2) is 19.3 Å². The summed E-state index contributed by atoms with van der Waals surface area (Å²) >= 11 is 0. The van der Waals surface area contributed by atoms with E-state index >= 15 is 0 Å². The summed E-state index contributed by atoms with van der Waals surface area (Å²) in [6.45, 7) is 0. The van der Waals surface area contributed by atoms with Gasteiger partial charge < -0.3 is 4.74 Å². The lowest BCUT2D eigenvalue weighted by molar-refractivity contribution is 0.152. The first kappa shape index (κ1) is 41.4. The maximum Gasteiger partial charge on any atom is 0.185 e. The summed E-state index contributed by atoms with van der Waals surface area (Å²) in [6.07, 6.45) is 0. The molecule has 0 aliphatic carbocycles. The van der Waals surface area contributed by atoms with Crippen molar-refractivity contribution >= 4 is 0 Å². The second kappa shape index (κ2) is 17.6. The third-order valence-corrected chi connectivity index (χ3v) is 13.0. The van der Waals surface area contributed by atoms with Crippen LogP contribution in [0, 0.1) is 5.82 Å². The van der Waals surface area contributed by atoms with Crippen LogP contribution < -0.4 is 4.74 Å². The number of halogens is 1. The topological polar surface area (TPSA) is 47.9 Å². The highest BCUT2D eigenvalue weighted by Crippen LogP contribution is 2.54. The average molecular weight is 888 g/mol. The predicted octanol–water partition coefficient (Wildman–Crippen LogP) is 16.0. The van der Waals surface area contributed by atoms with Crippen molar-refractivity contribution in [2.75, 3.05) is 0 Å². The maximum absolute atomic E-state index is 14.4. The average Bonchev–Trinajstić information content (AvgIpc) is 3.43. The SMILES string of the molecule is Fc1ccc(-c2cc(-c3ccccc3)cc(-c3nc(-c4cc(-c5ccccc5)cc(-c5ccccc5)c4)nc(-c4cccc5c4-c4ccccc4C(c4ccccc4)(c4ccccc4)O5)n3)c2)cc1. The lowest BCUT2D eigenvalue weighted by atomic mass is 9.74. The molecule has 1 aliphatic heterocycles. The quantitative estimate of drug-likeness (QED) is 0.145. The maximum atomic E-state index is 14.4. The van der Waals surface area contributed by atoms with E-state index < -0.39 is 5.60 Å². The molecule has 0 saturated heterocycles. The van der Waals surface area contributed by atoms with E-state index in [1.54, 1.807) is 0 Å². The van der Waals surface area contributed by atoms with Crippen LogP contribution in [-0.4, -0.2) is 15.0 Å². The number of hydrogen-bond donors (Lipinski definition) is 0. The largest absolute Gasteiger partial charge is 0.472 e. The summed E-state index contributed by atoms with van der Waals surface area (Å²) in [5.41, 5.74) is 14.5. The minimum absolute atomic E-state index is 0.293. The molecule has 11 aromatic rings. The van der Waals surface area contributed by atoms with Gasteiger partial charge in [0.25, 0.3) is 0 Å². The molecule has 0 unspecified atom stereocenters. The molecule has 326 valence electrons. The van der Waals surface area contributed by atoms with Gasteiger partial charge in [-0.1, -0.05) is 200 Å². The molecule has 0 spiro atoms. The van der Waals surface area contributed by atoms with Crippen molar-refractivity contribution in [3.63, 3.8) is 0 Å². The summed E-state index contributed by atoms with van der Waals surface area (Å²) in [5, 5.41) is 0. The second-order valence-electron chi connectivity index (χ2n) is 17.2. The molecule has 5 heteroatoms. The second-order valence-corrected chi connectivity index (χ2v) is 17.2. The van der Waals surface area contributed by atoms with Crippen LogP contribution in [0.25, 0.3) is 89.8 Å². The number of aromatic nitrogens is 3. The molecule has 2 heterocycles. The van der Waals surface area contributed by atoms with Gasteiger partial charge in [0.1, 0.15) is 11.6 Å². The lowest BCUT2D eigenvalue weighted by Gasteiger charge is -2.41. The van der Waals surface area contributed by atoms with Gasteiger partial charge in [-0.3, -0.25) is 0 Å². The van der Waals surface area contributed by atoms with Gasteiger partial charge in [-0.2, -0.15) is 0 Å². The number of nitrogens with zero attached hydrogens (tertiary/aromatic N) is 3. The predicted molar refractivity (Wildman–Crippen MR) is 277 cm³/mol. The van der Waals surface area contributed by atoms with Crippen molar-refractivity contribution in [3.8, 4) is 95.5 Å². The van der Waals surface area contributed by atoms with Crippen molar-refractivity contribution < 1.29 is 9.13 Å². The molecular weight excluding hydrogens is 846 g/mol. The Labute approximate surface area is 400 Å². The highest BCUT2D eigenvalue weighted by atomic mass is 19.1. The van der Waals surface area contributed by atoms with E-state index in [-0.39, 0.29) is 5.82 Å². The van der Waals surface area contributed by atoms with Gasteiger partial charge in [0.05, 0.1) is 0 Å². The molecule has 10 aromatic carbocycles. The van der Waals surface area contributed by atoms with Crippen LogP contribution in [0.15, 0.2) is 255 Å². The van der Waals surface area contributed by atoms with E-state index in [1.165, 1.54) is 12.1 Å². The van der Waals surface area contributed by atoms with Crippen LogP contribution in [0.2, 0.25) is 0 Å². The van der Waals surface area contributed by atoms with Gasteiger partial charge in [0.15, 0.2) is 23.1 Å². The van der Waals surface area contributed by atoms with E-state index in [4.69, 9.17) is 19.7 Å². The number of hydrogen-bond acceptors (Lipinski definition) is 4. The Morgan fingerprint density at radius 1 is 0.304 bits per heavy atom. The zero-order valence-corrected chi connectivity index (χ0v) is 37.4. The van der Waals surface area contributed by atoms with Gasteiger partial charge >= 0.3 is 0 Å². The standard InChI is InChI=1S/C64H42FN3O/c65-55-35-33-46(34-36-55)50-38-49(45-23-10-3-11-24-45)41-52(42-50)62-66-61(51-39-47(43-19-6-1-7-20-43)37-48(40-51)44-21-8-2-9-22-44)67-63(68-62)57-30-18-32-59-60(57)56-29-16-17-31-58(56)64(69-59,53-25-12-4-13-26-53)54-27-14-5-15-28-54/h1-42H. The molecule has 0 fully saturated rings. The lowest BCUT2D eigenvalue weighted by Crippen LogP contribution is -2.38. The third-order valence-electron chi connectivity index (χ3n) is 13.0. The molecule has 0 atom stereocenters. The van der Waals surface area contributed by atoms with Crippen LogP contribution in [0.3, 0.4) is 0 Å². The van der Waals surface area contributed by atoms with Crippen LogP contribution in [0.1, 0.15) is 16.7 Å². The minimum atomic E-state index is -0.944. The molecule has 4 nitrogen and oxygen atoms in total. The van der Waals surface area contributed by atoms with Crippen LogP contribution in [0.4, 0.5) is 4.39 Å². The minimum Gasteiger partial charge on any atom is -0.472 e. The summed E-state index contributed by atoms with van der Waals surface area (Å²) in [6, 6.07) is 86.2. The monoisotopic (exact) mass is 887 g/mol. The Hall–Kier alpha value is -9.06. The van der Waals surface area contributed by atoms with Crippen LogP contribution in [0.5, 0.6) is 5.75 Å². The van der Waals surface area contributed by atoms with Crippen molar-refractivity contribution in [1.29, 1.82) is 0 Å². The van der Waals surface area contributed by atoms with Crippen LogP contribution in [-0.2, 0) is 5.60 Å². The van der Waals surface area contributed by atoms with Gasteiger partial charge in [-0.15, -0.1) is 0 Å². The van der Waals surface area contributed by atoms with E-state index in [0.717, 1.165) is 89.0 Å². The van der Waals surface area contributed by atoms with E-state index in [9.17, 15) is 4.39 Å². The zero-order valence-electron chi connectivity index (χ0n) is 37.4. The number of fused-ring (bicyclic) bond motifs is 3. The first-order valence-corrected chi connectivity index (χ1v) is 23.1. The van der Waals surface area contributed by atoms with Crippen molar-refractivity contribution in [1.82, 2.24) is 15.0 Å². The highest BCUT2D eigenvalue weighted by Gasteiger charge is 2.45. The fourth-order valence-electron chi connectivity index (χ4n) is 9.72. The molecule has 1 aliphatic rings. The fraction of sp³-hybridized carbons (Fsp3) is 0.0156. The molecule has 0 radical (unpaired) electrons. The van der Waals surface area contributed by atoms with Crippen molar-refractivity contribution in [2.45, 2.75) is 5.60 Å². The smallest absolute Gasteiger partial charge is 0.185 e. The molecular formula is C64H42FN3O. The number of benzene rings is 10. The molecule has 0 amide bonds. The molecule has 12 rings (SSSR count). The number of rotatable bonds is 9. The molecule has 0 bridgehead atoms. The summed E-state index contributed by atoms with van der Waals surface area (Å²) in [5.74, 6) is 1.93. The first-order valence-electron chi connectivity index (χ1n) is 23.1. The van der Waals surface area contributed by atoms with Gasteiger partial charge in [0.2, 0.25) is 0 Å². The highest BCUT2D eigenvalue weighted by molar-refractivity contribution is 5.91. The van der Waals surface area contributed by atoms with Crippen molar-refractivity contribution in [3.05, 3.63) is 277 Å². The zero-order chi connectivity index (χ0) is 46.2. The first-order chi connectivity index (χ1) is 34.1. The summed E-state index contributed by atoms with van der Waals surface area (Å²) in [7, 11) is 0. The Morgan fingerprint density at radius 2 is 0.681 bits per heavy atom. The Bertz CT molecular complexity index is 3530. The summed E-state index contributed by atoms with van der Waals surface area (Å²) in [4.78, 5) is 16.3. The summed E-state index contributed by atoms with van der Waals surface area (Å²) < 4.78 is 21.8. The van der Waals surface area contributed by atoms with Gasteiger partial charge in [0, 0.05) is 38.9 Å². The molecule has 1 aromatic heterocycles.